The molecule has 2 N–H and O–H groups in total. The molecule has 4 heteroatoms. The molecular weight excluding hydrogens is 168 g/mol. The second kappa shape index (κ2) is 4.58. The molecule has 4 nitrogen and oxygen atoms in total. The van der Waals surface area contributed by atoms with E-state index in [-0.39, 0.29) is 18.1 Å². The third-order valence-electron chi connectivity index (χ3n) is 2.34. The molecule has 1 unspecified atom stereocenters. The predicted molar refractivity (Wildman–Crippen MR) is 50.3 cm³/mol. The Morgan fingerprint density at radius 3 is 2.85 bits per heavy atom. The molecule has 1 saturated heterocycles. The summed E-state index contributed by atoms with van der Waals surface area (Å²) in [4.78, 5) is 13.4. The molecular formula is C9H18N2O2. The minimum atomic E-state index is -0.357. The average molecular weight is 186 g/mol. The zero-order valence-corrected chi connectivity index (χ0v) is 8.29. The lowest BCUT2D eigenvalue weighted by atomic mass is 10.2. The number of hydrogen-bond donors (Lipinski definition) is 2. The number of aliphatic hydroxyl groups is 1. The Hall–Kier alpha value is -0.610. The number of nitrogens with zero attached hydrogens (tertiary/aromatic N) is 1. The van der Waals surface area contributed by atoms with E-state index >= 15 is 0 Å². The zero-order valence-electron chi connectivity index (χ0n) is 8.29. The van der Waals surface area contributed by atoms with E-state index in [1.165, 1.54) is 0 Å². The van der Waals surface area contributed by atoms with Crippen molar-refractivity contribution in [2.75, 3.05) is 20.1 Å². The van der Waals surface area contributed by atoms with Gasteiger partial charge in [-0.1, -0.05) is 6.92 Å². The Labute approximate surface area is 78.9 Å². The summed E-state index contributed by atoms with van der Waals surface area (Å²) in [6, 6.07) is -0.174. The first kappa shape index (κ1) is 10.5. The topological polar surface area (TPSA) is 52.6 Å². The molecule has 0 aliphatic carbocycles. The van der Waals surface area contributed by atoms with E-state index in [2.05, 4.69) is 5.32 Å². The molecule has 0 radical (unpaired) electrons. The number of nitrogens with one attached hydrogen (secondary N) is 1. The zero-order chi connectivity index (χ0) is 9.84. The summed E-state index contributed by atoms with van der Waals surface area (Å²) >= 11 is 0. The van der Waals surface area contributed by atoms with Crippen LogP contribution in [0.4, 0.5) is 0 Å². The molecule has 76 valence electrons. The maximum atomic E-state index is 11.6. The molecule has 0 aromatic carbocycles. The Morgan fingerprint density at radius 2 is 2.38 bits per heavy atom. The molecule has 1 heterocycles. The van der Waals surface area contributed by atoms with E-state index in [0.717, 1.165) is 13.0 Å². The van der Waals surface area contributed by atoms with Crippen LogP contribution in [0.3, 0.4) is 0 Å². The van der Waals surface area contributed by atoms with Crippen LogP contribution < -0.4 is 5.32 Å². The van der Waals surface area contributed by atoms with Gasteiger partial charge in [-0.15, -0.1) is 0 Å². The number of carbonyl (C=O) groups is 1. The summed E-state index contributed by atoms with van der Waals surface area (Å²) in [5.74, 6) is 0.0957. The number of carbonyl (C=O) groups excluding carboxylic acids is 1. The summed E-state index contributed by atoms with van der Waals surface area (Å²) in [5.41, 5.74) is 0. The van der Waals surface area contributed by atoms with Gasteiger partial charge in [0, 0.05) is 20.1 Å². The van der Waals surface area contributed by atoms with E-state index in [4.69, 9.17) is 0 Å². The van der Waals surface area contributed by atoms with Gasteiger partial charge < -0.3 is 15.3 Å². The fraction of sp³-hybridized carbons (Fsp3) is 0.889. The van der Waals surface area contributed by atoms with Gasteiger partial charge >= 0.3 is 0 Å². The lowest BCUT2D eigenvalue weighted by Crippen LogP contribution is -2.41. The lowest BCUT2D eigenvalue weighted by molar-refractivity contribution is -0.131. The van der Waals surface area contributed by atoms with Gasteiger partial charge in [-0.05, 0) is 12.8 Å². The first-order chi connectivity index (χ1) is 6.15. The van der Waals surface area contributed by atoms with E-state index in [1.54, 1.807) is 11.9 Å². The highest BCUT2D eigenvalue weighted by atomic mass is 16.3. The van der Waals surface area contributed by atoms with Crippen molar-refractivity contribution >= 4 is 5.91 Å². The van der Waals surface area contributed by atoms with Crippen LogP contribution in [0.2, 0.25) is 0 Å². The third-order valence-corrected chi connectivity index (χ3v) is 2.34. The molecule has 13 heavy (non-hydrogen) atoms. The summed E-state index contributed by atoms with van der Waals surface area (Å²) in [7, 11) is 1.80. The molecule has 1 fully saturated rings. The fourth-order valence-corrected chi connectivity index (χ4v) is 1.62. The van der Waals surface area contributed by atoms with Crippen LogP contribution in [0.1, 0.15) is 19.8 Å². The number of amides is 1. The highest BCUT2D eigenvalue weighted by Crippen LogP contribution is 2.08. The Balaban J connectivity index is 2.38. The van der Waals surface area contributed by atoms with Gasteiger partial charge in [-0.25, -0.2) is 0 Å². The smallest absolute Gasteiger partial charge is 0.239 e. The van der Waals surface area contributed by atoms with Crippen LogP contribution in [-0.4, -0.2) is 48.2 Å². The van der Waals surface area contributed by atoms with Crippen molar-refractivity contribution in [1.82, 2.24) is 10.2 Å². The molecule has 2 atom stereocenters. The van der Waals surface area contributed by atoms with Crippen molar-refractivity contribution < 1.29 is 9.90 Å². The van der Waals surface area contributed by atoms with Crippen molar-refractivity contribution in [3.63, 3.8) is 0 Å². The summed E-state index contributed by atoms with van der Waals surface area (Å²) in [6.07, 6.45) is 1.16. The molecule has 1 aliphatic heterocycles. The van der Waals surface area contributed by atoms with Crippen molar-refractivity contribution in [3.05, 3.63) is 0 Å². The van der Waals surface area contributed by atoms with Gasteiger partial charge in [0.05, 0.1) is 12.1 Å². The van der Waals surface area contributed by atoms with Crippen molar-refractivity contribution in [2.24, 2.45) is 0 Å². The van der Waals surface area contributed by atoms with Crippen molar-refractivity contribution in [2.45, 2.75) is 31.9 Å². The average Bonchev–Trinajstić information content (AvgIpc) is 2.51. The van der Waals surface area contributed by atoms with E-state index in [0.29, 0.717) is 13.0 Å². The van der Waals surface area contributed by atoms with Crippen molar-refractivity contribution in [3.8, 4) is 0 Å². The number of likely N-dealkylation sites (N-methyl/N-ethyl adjacent to an activating group) is 1. The van der Waals surface area contributed by atoms with Crippen LogP contribution >= 0.6 is 0 Å². The highest BCUT2D eigenvalue weighted by Gasteiger charge is 2.29. The third kappa shape index (κ3) is 2.67. The molecule has 0 bridgehead atoms. The lowest BCUT2D eigenvalue weighted by Gasteiger charge is -2.20. The second-order valence-electron chi connectivity index (χ2n) is 3.61. The fourth-order valence-electron chi connectivity index (χ4n) is 1.62. The highest BCUT2D eigenvalue weighted by molar-refractivity contribution is 5.82. The largest absolute Gasteiger partial charge is 0.392 e. The number of β-amino-alcohol motifs (C(OH)–C–C–N with tert-alkyl or cyclic N) is 1. The van der Waals surface area contributed by atoms with Crippen LogP contribution in [0.5, 0.6) is 0 Å². The minimum absolute atomic E-state index is 0.0957. The van der Waals surface area contributed by atoms with Crippen LogP contribution in [0.15, 0.2) is 0 Å². The standard InChI is InChI=1S/C9H18N2O2/c1-3-4-11(2)9(13)8-5-7(12)6-10-8/h7-8,10,12H,3-6H2,1-2H3/t7?,8-/m0/s1. The van der Waals surface area contributed by atoms with Gasteiger partial charge in [0.25, 0.3) is 0 Å². The molecule has 1 rings (SSSR count). The Kier molecular flexibility index (Phi) is 3.69. The van der Waals surface area contributed by atoms with E-state index < -0.39 is 0 Å². The number of rotatable bonds is 3. The minimum Gasteiger partial charge on any atom is -0.392 e. The monoisotopic (exact) mass is 186 g/mol. The van der Waals surface area contributed by atoms with Crippen LogP contribution in [0.25, 0.3) is 0 Å². The van der Waals surface area contributed by atoms with Crippen LogP contribution in [0, 0.1) is 0 Å². The van der Waals surface area contributed by atoms with Gasteiger partial charge in [-0.2, -0.15) is 0 Å². The SMILES string of the molecule is CCCN(C)C(=O)[C@@H]1CC(O)CN1. The normalized spacial score (nSPS) is 27.6. The van der Waals surface area contributed by atoms with Crippen LogP contribution in [-0.2, 0) is 4.79 Å². The Morgan fingerprint density at radius 1 is 1.69 bits per heavy atom. The molecule has 1 amide bonds. The predicted octanol–water partition coefficient (Wildman–Crippen LogP) is -0.422. The van der Waals surface area contributed by atoms with E-state index in [9.17, 15) is 9.90 Å². The molecule has 0 spiro atoms. The van der Waals surface area contributed by atoms with Gasteiger partial charge in [0.2, 0.25) is 5.91 Å². The second-order valence-corrected chi connectivity index (χ2v) is 3.61. The van der Waals surface area contributed by atoms with Crippen molar-refractivity contribution in [1.29, 1.82) is 0 Å². The summed E-state index contributed by atoms with van der Waals surface area (Å²) in [5, 5.41) is 12.2. The molecule has 1 aliphatic rings. The Bertz CT molecular complexity index is 184. The maximum Gasteiger partial charge on any atom is 0.239 e. The molecule has 0 aromatic rings. The first-order valence-electron chi connectivity index (χ1n) is 4.81. The van der Waals surface area contributed by atoms with Gasteiger partial charge in [0.15, 0.2) is 0 Å². The van der Waals surface area contributed by atoms with E-state index in [1.807, 2.05) is 6.92 Å². The molecule has 0 aromatic heterocycles. The first-order valence-corrected chi connectivity index (χ1v) is 4.81. The maximum absolute atomic E-state index is 11.6. The summed E-state index contributed by atoms with van der Waals surface area (Å²) in [6.45, 7) is 3.37. The molecule has 0 saturated carbocycles. The van der Waals surface area contributed by atoms with Gasteiger partial charge in [0.1, 0.15) is 0 Å². The number of aliphatic hydroxyl groups excluding tert-OH is 1. The number of hydrogen-bond acceptors (Lipinski definition) is 3. The van der Waals surface area contributed by atoms with Gasteiger partial charge in [-0.3, -0.25) is 4.79 Å². The summed E-state index contributed by atoms with van der Waals surface area (Å²) < 4.78 is 0. The quantitative estimate of drug-likeness (QED) is 0.629.